The molecule has 0 aliphatic carbocycles. The summed E-state index contributed by atoms with van der Waals surface area (Å²) >= 11 is 0. The number of carboxylic acid groups (broad SMARTS) is 1. The fourth-order valence-electron chi connectivity index (χ4n) is 0.901. The molecule has 2 unspecified atom stereocenters. The minimum absolute atomic E-state index is 0.0983. The molecule has 0 aliphatic heterocycles. The molecule has 8 nitrogen and oxygen atoms in total. The van der Waals surface area contributed by atoms with Crippen LogP contribution in [-0.2, 0) is 4.79 Å². The minimum Gasteiger partial charge on any atom is -0.480 e. The van der Waals surface area contributed by atoms with Crippen molar-refractivity contribution in [1.29, 1.82) is 0 Å². The minimum atomic E-state index is -1.13. The van der Waals surface area contributed by atoms with Crippen molar-refractivity contribution in [3.8, 4) is 0 Å². The first-order chi connectivity index (χ1) is 6.82. The summed E-state index contributed by atoms with van der Waals surface area (Å²) < 4.78 is 0. The average molecular weight is 217 g/mol. The van der Waals surface area contributed by atoms with Crippen LogP contribution in [0.1, 0.15) is 13.3 Å². The van der Waals surface area contributed by atoms with Gasteiger partial charge in [0.1, 0.15) is 6.04 Å². The van der Waals surface area contributed by atoms with E-state index in [9.17, 15) is 9.59 Å². The van der Waals surface area contributed by atoms with Crippen LogP contribution in [0.4, 0.5) is 4.79 Å². The zero-order valence-electron chi connectivity index (χ0n) is 8.30. The van der Waals surface area contributed by atoms with E-state index in [1.54, 1.807) is 6.92 Å². The molecule has 0 aromatic heterocycles. The summed E-state index contributed by atoms with van der Waals surface area (Å²) in [5, 5.41) is 10.9. The maximum absolute atomic E-state index is 11.0. The summed E-state index contributed by atoms with van der Waals surface area (Å²) in [6.45, 7) is 1.60. The predicted molar refractivity (Wildman–Crippen MR) is 54.0 cm³/mol. The Morgan fingerprint density at radius 1 is 1.47 bits per heavy atom. The van der Waals surface area contributed by atoms with E-state index >= 15 is 0 Å². The number of carboxylic acids is 1. The second-order valence-corrected chi connectivity index (χ2v) is 3.07. The molecule has 0 aromatic carbocycles. The van der Waals surface area contributed by atoms with Gasteiger partial charge in [-0.05, 0) is 13.3 Å². The number of hydrogen-bond acceptors (Lipinski definition) is 3. The second-order valence-electron chi connectivity index (χ2n) is 3.07. The number of amides is 2. The number of guanidine groups is 1. The number of nitrogens with two attached hydrogens (primary N) is 3. The molecular formula is C7H15N5O3. The number of aliphatic imine (C=N–C) groups is 1. The lowest BCUT2D eigenvalue weighted by Gasteiger charge is -2.14. The summed E-state index contributed by atoms with van der Waals surface area (Å²) in [5.41, 5.74) is 15.2. The Balaban J connectivity index is 4.04. The normalized spacial score (nSPS) is 13.7. The Morgan fingerprint density at radius 2 is 2.00 bits per heavy atom. The number of urea groups is 1. The number of carbonyl (C=O) groups is 2. The molecule has 8 heteroatoms. The quantitative estimate of drug-likeness (QED) is 0.275. The molecule has 0 radical (unpaired) electrons. The van der Waals surface area contributed by atoms with Gasteiger partial charge in [-0.15, -0.1) is 0 Å². The van der Waals surface area contributed by atoms with Crippen molar-refractivity contribution in [3.63, 3.8) is 0 Å². The molecule has 86 valence electrons. The van der Waals surface area contributed by atoms with Crippen molar-refractivity contribution >= 4 is 18.0 Å². The van der Waals surface area contributed by atoms with E-state index in [2.05, 4.69) is 10.3 Å². The molecule has 0 rings (SSSR count). The maximum atomic E-state index is 11.0. The number of hydrogen-bond donors (Lipinski definition) is 5. The molecule has 8 N–H and O–H groups in total. The van der Waals surface area contributed by atoms with Gasteiger partial charge in [-0.25, -0.2) is 4.79 Å². The van der Waals surface area contributed by atoms with E-state index in [0.29, 0.717) is 0 Å². The van der Waals surface area contributed by atoms with Gasteiger partial charge in [0.2, 0.25) is 0 Å². The van der Waals surface area contributed by atoms with Gasteiger partial charge in [-0.3, -0.25) is 4.79 Å². The topological polar surface area (TPSA) is 157 Å². The van der Waals surface area contributed by atoms with E-state index < -0.39 is 24.1 Å². The van der Waals surface area contributed by atoms with Crippen molar-refractivity contribution in [2.45, 2.75) is 25.4 Å². The molecule has 2 amide bonds. The Bertz CT molecular complexity index is 274. The van der Waals surface area contributed by atoms with Crippen LogP contribution >= 0.6 is 0 Å². The van der Waals surface area contributed by atoms with Crippen LogP contribution < -0.4 is 22.5 Å². The van der Waals surface area contributed by atoms with Crippen LogP contribution in [0.3, 0.4) is 0 Å². The third kappa shape index (κ3) is 6.27. The molecule has 15 heavy (non-hydrogen) atoms. The maximum Gasteiger partial charge on any atom is 0.344 e. The Morgan fingerprint density at radius 3 is 2.40 bits per heavy atom. The SMILES string of the molecule is CC(CC(N)C(=O)O)NC(=O)N=C(N)N. The lowest BCUT2D eigenvalue weighted by atomic mass is 10.1. The van der Waals surface area contributed by atoms with Crippen molar-refractivity contribution in [2.24, 2.45) is 22.2 Å². The van der Waals surface area contributed by atoms with E-state index in [0.717, 1.165) is 0 Å². The second kappa shape index (κ2) is 5.81. The number of aliphatic carboxylic acids is 1. The van der Waals surface area contributed by atoms with Gasteiger partial charge in [-0.1, -0.05) is 0 Å². The van der Waals surface area contributed by atoms with Gasteiger partial charge < -0.3 is 27.6 Å². The Labute approximate surface area is 86.5 Å². The van der Waals surface area contributed by atoms with Crippen molar-refractivity contribution in [1.82, 2.24) is 5.32 Å². The molecule has 0 saturated heterocycles. The first-order valence-corrected chi connectivity index (χ1v) is 4.21. The molecule has 2 atom stereocenters. The molecule has 0 aliphatic rings. The molecule has 0 saturated carbocycles. The van der Waals surface area contributed by atoms with Crippen LogP contribution in [0, 0.1) is 0 Å². The highest BCUT2D eigenvalue weighted by Crippen LogP contribution is 1.96. The lowest BCUT2D eigenvalue weighted by Crippen LogP contribution is -2.40. The summed E-state index contributed by atoms with van der Waals surface area (Å²) in [5.74, 6) is -1.49. The van der Waals surface area contributed by atoms with Crippen LogP contribution in [0.15, 0.2) is 4.99 Å². The summed E-state index contributed by atoms with van der Waals surface area (Å²) in [7, 11) is 0. The third-order valence-corrected chi connectivity index (χ3v) is 1.53. The monoisotopic (exact) mass is 217 g/mol. The van der Waals surface area contributed by atoms with Gasteiger partial charge in [-0.2, -0.15) is 4.99 Å². The van der Waals surface area contributed by atoms with Gasteiger partial charge in [0.15, 0.2) is 5.96 Å². The smallest absolute Gasteiger partial charge is 0.344 e. The zero-order chi connectivity index (χ0) is 12.0. The standard InChI is InChI=1S/C7H15N5O3/c1-3(2-4(8)5(13)14)11-7(15)12-6(9)10/h3-4H,2,8H2,1H3,(H,13,14)(H5,9,10,11,12,15). The third-order valence-electron chi connectivity index (χ3n) is 1.53. The van der Waals surface area contributed by atoms with Crippen molar-refractivity contribution < 1.29 is 14.7 Å². The first kappa shape index (κ1) is 13.2. The Hall–Kier alpha value is -1.83. The largest absolute Gasteiger partial charge is 0.480 e. The summed E-state index contributed by atoms with van der Waals surface area (Å²) in [6, 6.07) is -2.17. The number of rotatable bonds is 4. The number of nitrogens with one attached hydrogen (secondary N) is 1. The van der Waals surface area contributed by atoms with E-state index in [4.69, 9.17) is 22.3 Å². The highest BCUT2D eigenvalue weighted by molar-refractivity contribution is 5.90. The molecule has 0 heterocycles. The fraction of sp³-hybridized carbons (Fsp3) is 0.571. The van der Waals surface area contributed by atoms with Crippen LogP contribution in [-0.4, -0.2) is 35.2 Å². The highest BCUT2D eigenvalue weighted by atomic mass is 16.4. The number of nitrogens with zero attached hydrogens (tertiary/aromatic N) is 1. The van der Waals surface area contributed by atoms with Gasteiger partial charge in [0, 0.05) is 6.04 Å². The molecule has 0 fully saturated rings. The van der Waals surface area contributed by atoms with Crippen LogP contribution in [0.25, 0.3) is 0 Å². The van der Waals surface area contributed by atoms with E-state index in [1.807, 2.05) is 0 Å². The highest BCUT2D eigenvalue weighted by Gasteiger charge is 2.16. The fourth-order valence-corrected chi connectivity index (χ4v) is 0.901. The summed E-state index contributed by atoms with van der Waals surface area (Å²) in [6.07, 6.45) is 0.0983. The number of carbonyl (C=O) groups excluding carboxylic acids is 1. The predicted octanol–water partition coefficient (Wildman–Crippen LogP) is -1.84. The van der Waals surface area contributed by atoms with Crippen molar-refractivity contribution in [3.05, 3.63) is 0 Å². The molecule has 0 spiro atoms. The van der Waals surface area contributed by atoms with E-state index in [-0.39, 0.29) is 12.4 Å². The van der Waals surface area contributed by atoms with E-state index in [1.165, 1.54) is 0 Å². The lowest BCUT2D eigenvalue weighted by molar-refractivity contribution is -0.138. The van der Waals surface area contributed by atoms with Crippen LogP contribution in [0.5, 0.6) is 0 Å². The first-order valence-electron chi connectivity index (χ1n) is 4.21. The Kier molecular flexibility index (Phi) is 5.10. The van der Waals surface area contributed by atoms with Crippen LogP contribution in [0.2, 0.25) is 0 Å². The van der Waals surface area contributed by atoms with Gasteiger partial charge in [0.05, 0.1) is 0 Å². The molecule has 0 aromatic rings. The summed E-state index contributed by atoms with van der Waals surface area (Å²) in [4.78, 5) is 24.6. The average Bonchev–Trinajstić information content (AvgIpc) is 2.00. The van der Waals surface area contributed by atoms with Gasteiger partial charge >= 0.3 is 12.0 Å². The van der Waals surface area contributed by atoms with Crippen molar-refractivity contribution in [2.75, 3.05) is 0 Å². The zero-order valence-corrected chi connectivity index (χ0v) is 8.30. The van der Waals surface area contributed by atoms with Gasteiger partial charge in [0.25, 0.3) is 0 Å². The molecule has 0 bridgehead atoms. The molecular weight excluding hydrogens is 202 g/mol.